The maximum atomic E-state index is 11.9. The number of benzene rings is 2. The lowest BCUT2D eigenvalue weighted by Gasteiger charge is -2.09. The zero-order valence-electron chi connectivity index (χ0n) is 12.1. The number of nitrogens with one attached hydrogen (secondary N) is 3. The Morgan fingerprint density at radius 3 is 2.86 bits per heavy atom. The van der Waals surface area contributed by atoms with E-state index in [1.54, 1.807) is 0 Å². The number of urea groups is 1. The molecule has 108 valence electrons. The summed E-state index contributed by atoms with van der Waals surface area (Å²) in [5.41, 5.74) is 5.73. The molecule has 0 aromatic heterocycles. The maximum absolute atomic E-state index is 11.9. The summed E-state index contributed by atoms with van der Waals surface area (Å²) in [6.45, 7) is 4.39. The van der Waals surface area contributed by atoms with Crippen molar-refractivity contribution in [1.29, 1.82) is 0 Å². The van der Waals surface area contributed by atoms with Gasteiger partial charge in [0.25, 0.3) is 0 Å². The Balaban J connectivity index is 1.56. The van der Waals surface area contributed by atoms with Gasteiger partial charge in [0.15, 0.2) is 0 Å². The molecule has 0 radical (unpaired) electrons. The number of hydrogen-bond acceptors (Lipinski definition) is 2. The number of carbonyl (C=O) groups is 1. The van der Waals surface area contributed by atoms with E-state index in [4.69, 9.17) is 0 Å². The number of rotatable bonds is 3. The van der Waals surface area contributed by atoms with Gasteiger partial charge in [-0.15, -0.1) is 0 Å². The van der Waals surface area contributed by atoms with E-state index < -0.39 is 0 Å². The molecule has 2 aromatic carbocycles. The summed E-state index contributed by atoms with van der Waals surface area (Å²) in [4.78, 5) is 11.9. The van der Waals surface area contributed by atoms with Crippen LogP contribution in [0.25, 0.3) is 0 Å². The Hall–Kier alpha value is -2.33. The van der Waals surface area contributed by atoms with Crippen molar-refractivity contribution in [2.45, 2.75) is 26.6 Å². The highest BCUT2D eigenvalue weighted by atomic mass is 16.2. The monoisotopic (exact) mass is 281 g/mol. The fraction of sp³-hybridized carbons (Fsp3) is 0.235. The number of carbonyl (C=O) groups excluding carboxylic acids is 1. The van der Waals surface area contributed by atoms with E-state index in [0.717, 1.165) is 29.9 Å². The average molecular weight is 281 g/mol. The second-order valence-electron chi connectivity index (χ2n) is 5.38. The molecule has 1 aliphatic heterocycles. The van der Waals surface area contributed by atoms with E-state index in [9.17, 15) is 4.79 Å². The van der Waals surface area contributed by atoms with Gasteiger partial charge < -0.3 is 16.0 Å². The van der Waals surface area contributed by atoms with Gasteiger partial charge in [-0.25, -0.2) is 4.79 Å². The molecule has 0 saturated carbocycles. The molecule has 0 spiro atoms. The summed E-state index contributed by atoms with van der Waals surface area (Å²) in [6, 6.07) is 13.9. The lowest BCUT2D eigenvalue weighted by atomic mass is 10.1. The van der Waals surface area contributed by atoms with Crippen LogP contribution in [0.3, 0.4) is 0 Å². The standard InChI is InChI=1S/C17H19N3O/c1-12-3-2-4-16(7-12)20-17(21)19-9-13-5-6-14-10-18-11-15(14)8-13/h2-8,18H,9-11H2,1H3,(H2,19,20,21). The summed E-state index contributed by atoms with van der Waals surface area (Å²) in [5.74, 6) is 0. The molecular weight excluding hydrogens is 262 g/mol. The minimum absolute atomic E-state index is 0.181. The normalized spacial score (nSPS) is 12.8. The van der Waals surface area contributed by atoms with E-state index in [1.165, 1.54) is 11.1 Å². The minimum Gasteiger partial charge on any atom is -0.334 e. The van der Waals surface area contributed by atoms with Crippen LogP contribution in [-0.4, -0.2) is 6.03 Å². The molecule has 0 aliphatic carbocycles. The minimum atomic E-state index is -0.181. The van der Waals surface area contributed by atoms with Crippen LogP contribution in [0.2, 0.25) is 0 Å². The highest BCUT2D eigenvalue weighted by Crippen LogP contribution is 2.17. The van der Waals surface area contributed by atoms with E-state index >= 15 is 0 Å². The average Bonchev–Trinajstić information content (AvgIpc) is 2.92. The van der Waals surface area contributed by atoms with Crippen molar-refractivity contribution >= 4 is 11.7 Å². The van der Waals surface area contributed by atoms with Gasteiger partial charge in [0.2, 0.25) is 0 Å². The fourth-order valence-corrected chi connectivity index (χ4v) is 2.54. The van der Waals surface area contributed by atoms with Gasteiger partial charge >= 0.3 is 6.03 Å². The molecule has 21 heavy (non-hydrogen) atoms. The lowest BCUT2D eigenvalue weighted by Crippen LogP contribution is -2.28. The van der Waals surface area contributed by atoms with Gasteiger partial charge in [0, 0.05) is 25.3 Å². The predicted octanol–water partition coefficient (Wildman–Crippen LogP) is 2.92. The second kappa shape index (κ2) is 5.97. The molecule has 2 aromatic rings. The number of amides is 2. The quantitative estimate of drug-likeness (QED) is 0.810. The zero-order valence-corrected chi connectivity index (χ0v) is 12.1. The van der Waals surface area contributed by atoms with Crippen molar-refractivity contribution in [2.24, 2.45) is 0 Å². The van der Waals surface area contributed by atoms with Crippen LogP contribution in [0.15, 0.2) is 42.5 Å². The van der Waals surface area contributed by atoms with E-state index in [0.29, 0.717) is 6.54 Å². The predicted molar refractivity (Wildman–Crippen MR) is 84.0 cm³/mol. The molecule has 4 heteroatoms. The lowest BCUT2D eigenvalue weighted by molar-refractivity contribution is 0.251. The van der Waals surface area contributed by atoms with Gasteiger partial charge in [-0.05, 0) is 41.3 Å². The third-order valence-electron chi connectivity index (χ3n) is 3.63. The Kier molecular flexibility index (Phi) is 3.88. The first-order valence-corrected chi connectivity index (χ1v) is 7.13. The summed E-state index contributed by atoms with van der Waals surface area (Å²) in [5, 5.41) is 9.05. The topological polar surface area (TPSA) is 53.2 Å². The highest BCUT2D eigenvalue weighted by molar-refractivity contribution is 5.89. The highest BCUT2D eigenvalue weighted by Gasteiger charge is 2.10. The molecule has 3 rings (SSSR count). The van der Waals surface area contributed by atoms with Gasteiger partial charge in [-0.2, -0.15) is 0 Å². The van der Waals surface area contributed by atoms with Crippen molar-refractivity contribution in [1.82, 2.24) is 10.6 Å². The van der Waals surface area contributed by atoms with Gasteiger partial charge in [0.05, 0.1) is 0 Å². The number of hydrogen-bond donors (Lipinski definition) is 3. The van der Waals surface area contributed by atoms with Crippen LogP contribution in [0.5, 0.6) is 0 Å². The SMILES string of the molecule is Cc1cccc(NC(=O)NCc2ccc3c(c2)CNC3)c1. The molecule has 2 amide bonds. The second-order valence-corrected chi connectivity index (χ2v) is 5.38. The number of fused-ring (bicyclic) bond motifs is 1. The molecule has 0 fully saturated rings. The number of aryl methyl sites for hydroxylation is 1. The van der Waals surface area contributed by atoms with Crippen LogP contribution in [0.1, 0.15) is 22.3 Å². The molecule has 4 nitrogen and oxygen atoms in total. The van der Waals surface area contributed by atoms with Crippen LogP contribution >= 0.6 is 0 Å². The van der Waals surface area contributed by atoms with Gasteiger partial charge in [0.1, 0.15) is 0 Å². The first-order chi connectivity index (χ1) is 10.2. The third kappa shape index (κ3) is 3.41. The Morgan fingerprint density at radius 2 is 2.00 bits per heavy atom. The molecule has 1 aliphatic rings. The third-order valence-corrected chi connectivity index (χ3v) is 3.63. The van der Waals surface area contributed by atoms with E-state index in [2.05, 4.69) is 34.1 Å². The van der Waals surface area contributed by atoms with Gasteiger partial charge in [-0.3, -0.25) is 0 Å². The fourth-order valence-electron chi connectivity index (χ4n) is 2.54. The Morgan fingerprint density at radius 1 is 1.14 bits per heavy atom. The summed E-state index contributed by atoms with van der Waals surface area (Å²) in [6.07, 6.45) is 0. The smallest absolute Gasteiger partial charge is 0.319 e. The van der Waals surface area contributed by atoms with Crippen LogP contribution < -0.4 is 16.0 Å². The summed E-state index contributed by atoms with van der Waals surface area (Å²) in [7, 11) is 0. The molecule has 0 saturated heterocycles. The van der Waals surface area contributed by atoms with E-state index in [1.807, 2.05) is 31.2 Å². The number of anilines is 1. The van der Waals surface area contributed by atoms with Crippen LogP contribution in [-0.2, 0) is 19.6 Å². The van der Waals surface area contributed by atoms with Crippen molar-refractivity contribution in [3.8, 4) is 0 Å². The molecule has 0 unspecified atom stereocenters. The molecule has 1 heterocycles. The maximum Gasteiger partial charge on any atom is 0.319 e. The Labute approximate surface area is 124 Å². The van der Waals surface area contributed by atoms with Crippen molar-refractivity contribution in [3.05, 3.63) is 64.7 Å². The zero-order chi connectivity index (χ0) is 14.7. The first-order valence-electron chi connectivity index (χ1n) is 7.13. The molecular formula is C17H19N3O. The summed E-state index contributed by atoms with van der Waals surface area (Å²) < 4.78 is 0. The van der Waals surface area contributed by atoms with Crippen molar-refractivity contribution in [3.63, 3.8) is 0 Å². The van der Waals surface area contributed by atoms with Crippen LogP contribution in [0, 0.1) is 6.92 Å². The first kappa shape index (κ1) is 13.6. The largest absolute Gasteiger partial charge is 0.334 e. The molecule has 0 atom stereocenters. The van der Waals surface area contributed by atoms with Crippen LogP contribution in [0.4, 0.5) is 10.5 Å². The van der Waals surface area contributed by atoms with Crippen molar-refractivity contribution in [2.75, 3.05) is 5.32 Å². The van der Waals surface area contributed by atoms with Gasteiger partial charge in [-0.1, -0.05) is 30.3 Å². The molecule has 0 bridgehead atoms. The summed E-state index contributed by atoms with van der Waals surface area (Å²) >= 11 is 0. The Bertz CT molecular complexity index is 667. The van der Waals surface area contributed by atoms with E-state index in [-0.39, 0.29) is 6.03 Å². The van der Waals surface area contributed by atoms with Crippen molar-refractivity contribution < 1.29 is 4.79 Å². The molecule has 3 N–H and O–H groups in total.